The molecule has 0 aromatic rings. The van der Waals surface area contributed by atoms with E-state index in [-0.39, 0.29) is 0 Å². The molecular weight excluding hydrogens is 198 g/mol. The second kappa shape index (κ2) is 5.05. The topological polar surface area (TPSA) is 21.3 Å². The zero-order valence-corrected chi connectivity index (χ0v) is 10.3. The average Bonchev–Trinajstić information content (AvgIpc) is 2.92. The Balaban J connectivity index is 1.34. The van der Waals surface area contributed by atoms with Crippen molar-refractivity contribution in [3.05, 3.63) is 0 Å². The molecule has 0 aromatic heterocycles. The summed E-state index contributed by atoms with van der Waals surface area (Å²) in [6.45, 7) is 2.18. The van der Waals surface area contributed by atoms with E-state index in [1.165, 1.54) is 57.9 Å². The van der Waals surface area contributed by atoms with Gasteiger partial charge in [-0.05, 0) is 63.3 Å². The summed E-state index contributed by atoms with van der Waals surface area (Å²) in [5.41, 5.74) is 0. The molecule has 1 heterocycles. The molecule has 2 aliphatic carbocycles. The Morgan fingerprint density at radius 1 is 1.06 bits per heavy atom. The molecule has 3 aliphatic rings. The Morgan fingerprint density at radius 3 is 2.75 bits per heavy atom. The van der Waals surface area contributed by atoms with Gasteiger partial charge in [0.25, 0.3) is 0 Å². The molecule has 2 heteroatoms. The van der Waals surface area contributed by atoms with Gasteiger partial charge in [0.2, 0.25) is 0 Å². The van der Waals surface area contributed by atoms with E-state index in [1.807, 2.05) is 0 Å². The molecule has 92 valence electrons. The molecule has 1 N–H and O–H groups in total. The Bertz CT molecular complexity index is 225. The zero-order valence-electron chi connectivity index (χ0n) is 10.3. The highest BCUT2D eigenvalue weighted by molar-refractivity contribution is 4.94. The van der Waals surface area contributed by atoms with Gasteiger partial charge in [0.1, 0.15) is 0 Å². The minimum atomic E-state index is 0.555. The normalized spacial score (nSPS) is 42.8. The fourth-order valence-corrected chi connectivity index (χ4v) is 3.96. The third-order valence-electron chi connectivity index (χ3n) is 4.88. The molecule has 4 atom stereocenters. The van der Waals surface area contributed by atoms with E-state index in [0.717, 1.165) is 24.5 Å². The molecule has 2 saturated carbocycles. The van der Waals surface area contributed by atoms with Crippen LogP contribution in [-0.2, 0) is 4.74 Å². The van der Waals surface area contributed by atoms with E-state index in [0.29, 0.717) is 6.10 Å². The maximum Gasteiger partial charge on any atom is 0.0587 e. The van der Waals surface area contributed by atoms with E-state index < -0.39 is 0 Å². The molecule has 0 radical (unpaired) electrons. The van der Waals surface area contributed by atoms with Crippen molar-refractivity contribution < 1.29 is 4.74 Å². The third-order valence-corrected chi connectivity index (χ3v) is 4.88. The highest BCUT2D eigenvalue weighted by Gasteiger charge is 2.38. The van der Waals surface area contributed by atoms with E-state index in [9.17, 15) is 0 Å². The van der Waals surface area contributed by atoms with Crippen LogP contribution < -0.4 is 5.32 Å². The van der Waals surface area contributed by atoms with Gasteiger partial charge in [-0.25, -0.2) is 0 Å². The van der Waals surface area contributed by atoms with Gasteiger partial charge in [-0.15, -0.1) is 0 Å². The molecule has 0 spiro atoms. The Labute approximate surface area is 99.1 Å². The highest BCUT2D eigenvalue weighted by Crippen LogP contribution is 2.44. The molecule has 0 amide bonds. The largest absolute Gasteiger partial charge is 0.378 e. The maximum absolute atomic E-state index is 5.76. The number of fused-ring (bicyclic) bond motifs is 2. The quantitative estimate of drug-likeness (QED) is 0.791. The smallest absolute Gasteiger partial charge is 0.0587 e. The van der Waals surface area contributed by atoms with Crippen LogP contribution in [0.15, 0.2) is 0 Å². The summed E-state index contributed by atoms with van der Waals surface area (Å²) in [6, 6.07) is 0.849. The van der Waals surface area contributed by atoms with Crippen molar-refractivity contribution in [3.8, 4) is 0 Å². The van der Waals surface area contributed by atoms with Gasteiger partial charge in [-0.2, -0.15) is 0 Å². The minimum absolute atomic E-state index is 0.555. The zero-order chi connectivity index (χ0) is 10.8. The number of hydrogen-bond acceptors (Lipinski definition) is 2. The van der Waals surface area contributed by atoms with Crippen molar-refractivity contribution in [2.75, 3.05) is 13.2 Å². The van der Waals surface area contributed by atoms with Crippen molar-refractivity contribution in [1.82, 2.24) is 5.32 Å². The lowest BCUT2D eigenvalue weighted by Crippen LogP contribution is -2.36. The Morgan fingerprint density at radius 2 is 2.06 bits per heavy atom. The number of ether oxygens (including phenoxy) is 1. The van der Waals surface area contributed by atoms with Crippen LogP contribution in [0.2, 0.25) is 0 Å². The lowest BCUT2D eigenvalue weighted by Gasteiger charge is -2.26. The van der Waals surface area contributed by atoms with Crippen LogP contribution in [0.4, 0.5) is 0 Å². The second-order valence-electron chi connectivity index (χ2n) is 6.01. The molecular formula is C14H25NO. The molecule has 0 aromatic carbocycles. The van der Waals surface area contributed by atoms with Gasteiger partial charge in [0.05, 0.1) is 6.10 Å². The monoisotopic (exact) mass is 223 g/mol. The fourth-order valence-electron chi connectivity index (χ4n) is 3.96. The standard InChI is InChI=1S/C14H25NO/c1-2-8-16-13(3-1)6-7-15-14-10-11-4-5-12(14)9-11/h11-15H,1-10H2. The summed E-state index contributed by atoms with van der Waals surface area (Å²) >= 11 is 0. The first-order chi connectivity index (χ1) is 7.92. The lowest BCUT2D eigenvalue weighted by molar-refractivity contribution is 0.0109. The van der Waals surface area contributed by atoms with Gasteiger partial charge in [0, 0.05) is 12.6 Å². The van der Waals surface area contributed by atoms with Crippen LogP contribution in [0.3, 0.4) is 0 Å². The summed E-state index contributed by atoms with van der Waals surface area (Å²) in [4.78, 5) is 0. The molecule has 3 fully saturated rings. The van der Waals surface area contributed by atoms with Crippen LogP contribution >= 0.6 is 0 Å². The first kappa shape index (κ1) is 11.0. The fraction of sp³-hybridized carbons (Fsp3) is 1.00. The van der Waals surface area contributed by atoms with E-state index >= 15 is 0 Å². The van der Waals surface area contributed by atoms with E-state index in [1.54, 1.807) is 0 Å². The summed E-state index contributed by atoms with van der Waals surface area (Å²) in [6.07, 6.45) is 11.7. The predicted molar refractivity (Wildman–Crippen MR) is 65.4 cm³/mol. The lowest BCUT2D eigenvalue weighted by atomic mass is 9.95. The Hall–Kier alpha value is -0.0800. The van der Waals surface area contributed by atoms with Gasteiger partial charge in [0.15, 0.2) is 0 Å². The first-order valence-corrected chi connectivity index (χ1v) is 7.27. The minimum Gasteiger partial charge on any atom is -0.378 e. The van der Waals surface area contributed by atoms with Crippen molar-refractivity contribution in [3.63, 3.8) is 0 Å². The van der Waals surface area contributed by atoms with Gasteiger partial charge in [-0.1, -0.05) is 6.42 Å². The van der Waals surface area contributed by atoms with Crippen molar-refractivity contribution in [2.45, 2.75) is 63.5 Å². The number of nitrogens with one attached hydrogen (secondary N) is 1. The van der Waals surface area contributed by atoms with Crippen molar-refractivity contribution in [2.24, 2.45) is 11.8 Å². The molecule has 4 unspecified atom stereocenters. The van der Waals surface area contributed by atoms with Crippen molar-refractivity contribution >= 4 is 0 Å². The third kappa shape index (κ3) is 2.43. The van der Waals surface area contributed by atoms with Gasteiger partial charge in [-0.3, -0.25) is 0 Å². The first-order valence-electron chi connectivity index (χ1n) is 7.27. The number of rotatable bonds is 4. The van der Waals surface area contributed by atoms with E-state index in [4.69, 9.17) is 4.74 Å². The molecule has 1 saturated heterocycles. The SMILES string of the molecule is C1CCC(CCNC2CC3CCC2C3)OC1. The average molecular weight is 223 g/mol. The number of hydrogen-bond donors (Lipinski definition) is 1. The van der Waals surface area contributed by atoms with Gasteiger partial charge >= 0.3 is 0 Å². The molecule has 1 aliphatic heterocycles. The molecule has 2 bridgehead atoms. The molecule has 16 heavy (non-hydrogen) atoms. The molecule has 3 rings (SSSR count). The maximum atomic E-state index is 5.76. The van der Waals surface area contributed by atoms with Crippen LogP contribution in [0.25, 0.3) is 0 Å². The summed E-state index contributed by atoms with van der Waals surface area (Å²) in [7, 11) is 0. The van der Waals surface area contributed by atoms with Crippen LogP contribution in [0.1, 0.15) is 51.4 Å². The summed E-state index contributed by atoms with van der Waals surface area (Å²) in [5.74, 6) is 2.07. The summed E-state index contributed by atoms with van der Waals surface area (Å²) < 4.78 is 5.76. The predicted octanol–water partition coefficient (Wildman–Crippen LogP) is 2.72. The summed E-state index contributed by atoms with van der Waals surface area (Å²) in [5, 5.41) is 3.78. The Kier molecular flexibility index (Phi) is 3.49. The van der Waals surface area contributed by atoms with Gasteiger partial charge < -0.3 is 10.1 Å². The highest BCUT2D eigenvalue weighted by atomic mass is 16.5. The van der Waals surface area contributed by atoms with Crippen molar-refractivity contribution in [1.29, 1.82) is 0 Å². The molecule has 2 nitrogen and oxygen atoms in total. The van der Waals surface area contributed by atoms with Crippen LogP contribution in [-0.4, -0.2) is 25.3 Å². The van der Waals surface area contributed by atoms with Crippen LogP contribution in [0.5, 0.6) is 0 Å². The second-order valence-corrected chi connectivity index (χ2v) is 6.01. The van der Waals surface area contributed by atoms with Crippen LogP contribution in [0, 0.1) is 11.8 Å². The van der Waals surface area contributed by atoms with E-state index in [2.05, 4.69) is 5.32 Å².